The Morgan fingerprint density at radius 2 is 2.11 bits per heavy atom. The molecule has 0 unspecified atom stereocenters. The molecule has 1 aliphatic heterocycles. The molecule has 3 nitrogen and oxygen atoms in total. The normalized spacial score (nSPS) is 33.4. The largest absolute Gasteiger partial charge is 0.353 e. The zero-order valence-electron chi connectivity index (χ0n) is 12.2. The number of Topliss-reactive ketones (excluding diaryl/α,β-unsaturated/α-hetero) is 1. The van der Waals surface area contributed by atoms with Crippen molar-refractivity contribution >= 4 is 5.78 Å². The Labute approximate surface area is 116 Å². The number of ketones is 1. The molecule has 2 aliphatic rings. The molecule has 2 rings (SSSR count). The maximum absolute atomic E-state index is 12.1. The zero-order chi connectivity index (χ0) is 13.9. The van der Waals surface area contributed by atoms with Gasteiger partial charge in [0.15, 0.2) is 6.29 Å². The Morgan fingerprint density at radius 1 is 1.42 bits per heavy atom. The predicted molar refractivity (Wildman–Crippen MR) is 74.8 cm³/mol. The molecule has 3 heteroatoms. The molecular weight excluding hydrogens is 240 g/mol. The van der Waals surface area contributed by atoms with Crippen molar-refractivity contribution in [3.63, 3.8) is 0 Å². The van der Waals surface area contributed by atoms with Gasteiger partial charge in [0.2, 0.25) is 0 Å². The van der Waals surface area contributed by atoms with Crippen LogP contribution < -0.4 is 0 Å². The molecular formula is C16H26O3. The van der Waals surface area contributed by atoms with Crippen LogP contribution in [-0.4, -0.2) is 25.3 Å². The molecule has 2 atom stereocenters. The van der Waals surface area contributed by atoms with Gasteiger partial charge >= 0.3 is 0 Å². The van der Waals surface area contributed by atoms with Crippen LogP contribution in [0.1, 0.15) is 52.4 Å². The average Bonchev–Trinajstić information content (AvgIpc) is 2.41. The lowest BCUT2D eigenvalue weighted by Gasteiger charge is -2.40. The van der Waals surface area contributed by atoms with Gasteiger partial charge in [0.05, 0.1) is 13.2 Å². The van der Waals surface area contributed by atoms with Crippen LogP contribution in [0.2, 0.25) is 0 Å². The number of carbonyl (C=O) groups is 1. The molecule has 0 aromatic heterocycles. The number of ether oxygens (including phenoxy) is 2. The van der Waals surface area contributed by atoms with Gasteiger partial charge < -0.3 is 9.47 Å². The van der Waals surface area contributed by atoms with Gasteiger partial charge in [-0.3, -0.25) is 4.79 Å². The van der Waals surface area contributed by atoms with Crippen LogP contribution >= 0.6 is 0 Å². The lowest BCUT2D eigenvalue weighted by atomic mass is 9.64. The van der Waals surface area contributed by atoms with Gasteiger partial charge in [-0.1, -0.05) is 19.1 Å². The fourth-order valence-electron chi connectivity index (χ4n) is 3.14. The van der Waals surface area contributed by atoms with Crippen LogP contribution in [-0.2, 0) is 14.3 Å². The summed E-state index contributed by atoms with van der Waals surface area (Å²) in [6, 6.07) is 0. The Kier molecular flexibility index (Phi) is 4.80. The van der Waals surface area contributed by atoms with Gasteiger partial charge in [-0.25, -0.2) is 0 Å². The molecule has 0 bridgehead atoms. The van der Waals surface area contributed by atoms with E-state index in [9.17, 15) is 4.79 Å². The van der Waals surface area contributed by atoms with E-state index in [-0.39, 0.29) is 17.6 Å². The predicted octanol–water partition coefficient (Wildman–Crippen LogP) is 3.48. The van der Waals surface area contributed by atoms with Crippen LogP contribution in [0.25, 0.3) is 0 Å². The van der Waals surface area contributed by atoms with Crippen molar-refractivity contribution in [1.82, 2.24) is 0 Å². The summed E-state index contributed by atoms with van der Waals surface area (Å²) in [4.78, 5) is 12.1. The highest BCUT2D eigenvalue weighted by Crippen LogP contribution is 2.46. The Balaban J connectivity index is 1.95. The summed E-state index contributed by atoms with van der Waals surface area (Å²) in [6.07, 6.45) is 5.42. The third kappa shape index (κ3) is 3.46. The van der Waals surface area contributed by atoms with Crippen LogP contribution in [0, 0.1) is 11.3 Å². The number of allylic oxidation sites excluding steroid dienone is 1. The molecule has 0 N–H and O–H groups in total. The second kappa shape index (κ2) is 6.19. The van der Waals surface area contributed by atoms with Crippen LogP contribution in [0.3, 0.4) is 0 Å². The zero-order valence-corrected chi connectivity index (χ0v) is 12.2. The summed E-state index contributed by atoms with van der Waals surface area (Å²) in [5.74, 6) is 0.606. The van der Waals surface area contributed by atoms with Gasteiger partial charge in [-0.15, -0.1) is 0 Å². The molecule has 0 radical (unpaired) electrons. The van der Waals surface area contributed by atoms with Gasteiger partial charge in [-0.2, -0.15) is 0 Å². The minimum atomic E-state index is -0.0839. The highest BCUT2D eigenvalue weighted by Gasteiger charge is 2.39. The van der Waals surface area contributed by atoms with Crippen molar-refractivity contribution < 1.29 is 14.3 Å². The van der Waals surface area contributed by atoms with E-state index in [1.807, 2.05) is 6.92 Å². The van der Waals surface area contributed by atoms with Gasteiger partial charge in [0.25, 0.3) is 0 Å². The lowest BCUT2D eigenvalue weighted by Crippen LogP contribution is -2.35. The SMILES string of the molecule is C=C(C)[C@@]1(CCC2OCCCO2)CC[C@@H](C)C(=O)C1. The Morgan fingerprint density at radius 3 is 2.68 bits per heavy atom. The number of carbonyl (C=O) groups excluding carboxylic acids is 1. The highest BCUT2D eigenvalue weighted by atomic mass is 16.7. The van der Waals surface area contributed by atoms with Gasteiger partial charge in [-0.05, 0) is 44.4 Å². The van der Waals surface area contributed by atoms with E-state index in [4.69, 9.17) is 9.47 Å². The van der Waals surface area contributed by atoms with E-state index in [1.54, 1.807) is 0 Å². The topological polar surface area (TPSA) is 35.5 Å². The minimum Gasteiger partial charge on any atom is -0.353 e. The van der Waals surface area contributed by atoms with Gasteiger partial charge in [0.1, 0.15) is 5.78 Å². The van der Waals surface area contributed by atoms with E-state index >= 15 is 0 Å². The molecule has 0 amide bonds. The standard InChI is InChI=1S/C16H26O3/c1-12(2)16(7-5-13(3)14(17)11-16)8-6-15-18-9-4-10-19-15/h13,15H,1,4-11H2,2-3H3/t13-,16-/m1/s1. The third-order valence-corrected chi connectivity index (χ3v) is 4.78. The maximum Gasteiger partial charge on any atom is 0.157 e. The second-order valence-electron chi connectivity index (χ2n) is 6.21. The third-order valence-electron chi connectivity index (χ3n) is 4.78. The molecule has 1 aliphatic carbocycles. The summed E-state index contributed by atoms with van der Waals surface area (Å²) in [5, 5.41) is 0. The molecule has 0 aromatic carbocycles. The fourth-order valence-corrected chi connectivity index (χ4v) is 3.14. The molecule has 0 spiro atoms. The number of hydrogen-bond donors (Lipinski definition) is 0. The average molecular weight is 266 g/mol. The summed E-state index contributed by atoms with van der Waals surface area (Å²) in [7, 11) is 0. The van der Waals surface area contributed by atoms with Crippen LogP contribution in [0.4, 0.5) is 0 Å². The fraction of sp³-hybridized carbons (Fsp3) is 0.812. The van der Waals surface area contributed by atoms with E-state index < -0.39 is 0 Å². The van der Waals surface area contributed by atoms with Crippen molar-refractivity contribution in [3.05, 3.63) is 12.2 Å². The first-order valence-corrected chi connectivity index (χ1v) is 7.45. The monoisotopic (exact) mass is 266 g/mol. The van der Waals surface area contributed by atoms with E-state index in [2.05, 4.69) is 13.5 Å². The van der Waals surface area contributed by atoms with E-state index in [0.29, 0.717) is 12.2 Å². The highest BCUT2D eigenvalue weighted by molar-refractivity contribution is 5.82. The molecule has 1 saturated heterocycles. The maximum atomic E-state index is 12.1. The summed E-state index contributed by atoms with van der Waals surface area (Å²) < 4.78 is 11.2. The first kappa shape index (κ1) is 14.7. The van der Waals surface area contributed by atoms with Crippen LogP contribution in [0.15, 0.2) is 12.2 Å². The molecule has 0 aromatic rings. The Hall–Kier alpha value is -0.670. The first-order valence-electron chi connectivity index (χ1n) is 7.45. The van der Waals surface area contributed by atoms with E-state index in [1.165, 1.54) is 0 Å². The van der Waals surface area contributed by atoms with Crippen molar-refractivity contribution in [1.29, 1.82) is 0 Å². The molecule has 19 heavy (non-hydrogen) atoms. The lowest BCUT2D eigenvalue weighted by molar-refractivity contribution is -0.184. The number of hydrogen-bond acceptors (Lipinski definition) is 3. The second-order valence-corrected chi connectivity index (χ2v) is 6.21. The summed E-state index contributed by atoms with van der Waals surface area (Å²) >= 11 is 0. The molecule has 108 valence electrons. The Bertz CT molecular complexity index is 344. The molecule has 1 saturated carbocycles. The molecule has 2 fully saturated rings. The van der Waals surface area contributed by atoms with Crippen molar-refractivity contribution in [2.24, 2.45) is 11.3 Å². The quantitative estimate of drug-likeness (QED) is 0.731. The van der Waals surface area contributed by atoms with Gasteiger partial charge in [0, 0.05) is 12.3 Å². The summed E-state index contributed by atoms with van der Waals surface area (Å²) in [6.45, 7) is 9.83. The smallest absolute Gasteiger partial charge is 0.157 e. The summed E-state index contributed by atoms with van der Waals surface area (Å²) in [5.41, 5.74) is 1.12. The van der Waals surface area contributed by atoms with Crippen molar-refractivity contribution in [2.45, 2.75) is 58.7 Å². The van der Waals surface area contributed by atoms with Crippen LogP contribution in [0.5, 0.6) is 0 Å². The van der Waals surface area contributed by atoms with Crippen molar-refractivity contribution in [2.75, 3.05) is 13.2 Å². The minimum absolute atomic E-state index is 0.0201. The number of rotatable bonds is 4. The first-order chi connectivity index (χ1) is 9.03. The molecule has 1 heterocycles. The van der Waals surface area contributed by atoms with E-state index in [0.717, 1.165) is 50.9 Å². The van der Waals surface area contributed by atoms with Crippen molar-refractivity contribution in [3.8, 4) is 0 Å².